The van der Waals surface area contributed by atoms with Crippen LogP contribution in [0.3, 0.4) is 0 Å². The van der Waals surface area contributed by atoms with E-state index in [1.165, 1.54) is 12.1 Å². The monoisotopic (exact) mass is 340 g/mol. The van der Waals surface area contributed by atoms with E-state index in [1.54, 1.807) is 24.4 Å². The number of hydrogen-bond acceptors (Lipinski definition) is 7. The zero-order chi connectivity index (χ0) is 17.2. The standard InChI is InChI=1S/C12H12N4O6S/c1-7-2-4-8(5-3-7)23(20,21)22-10-6-9(14-12(17)18)16(19)11(13)15-10/h2-6,14H,1H3,(H2,13,15)(H,17,18). The summed E-state index contributed by atoms with van der Waals surface area (Å²) in [5, 5.41) is 21.9. The van der Waals surface area contributed by atoms with E-state index in [9.17, 15) is 18.4 Å². The number of nitrogen functional groups attached to an aromatic ring is 1. The fraction of sp³-hybridized carbons (Fsp3) is 0.0833. The Hall–Kier alpha value is -3.08. The first-order valence-electron chi connectivity index (χ1n) is 6.10. The van der Waals surface area contributed by atoms with Gasteiger partial charge >= 0.3 is 22.2 Å². The van der Waals surface area contributed by atoms with E-state index >= 15 is 0 Å². The maximum Gasteiger partial charge on any atom is 0.456 e. The third-order valence-corrected chi connectivity index (χ3v) is 3.89. The number of amides is 1. The zero-order valence-corrected chi connectivity index (χ0v) is 12.6. The zero-order valence-electron chi connectivity index (χ0n) is 11.8. The average Bonchev–Trinajstić information content (AvgIpc) is 2.43. The van der Waals surface area contributed by atoms with Crippen LogP contribution in [0, 0.1) is 12.1 Å². The molecule has 0 atom stereocenters. The van der Waals surface area contributed by atoms with Crippen LogP contribution in [0.4, 0.5) is 16.6 Å². The molecule has 0 saturated heterocycles. The lowest BCUT2D eigenvalue weighted by atomic mass is 10.2. The molecule has 0 bridgehead atoms. The molecule has 0 unspecified atom stereocenters. The van der Waals surface area contributed by atoms with Gasteiger partial charge in [-0.2, -0.15) is 8.42 Å². The molecule has 0 aliphatic carbocycles. The molecule has 23 heavy (non-hydrogen) atoms. The number of anilines is 2. The number of rotatable bonds is 4. The summed E-state index contributed by atoms with van der Waals surface area (Å²) in [5.74, 6) is -1.76. The lowest BCUT2D eigenvalue weighted by molar-refractivity contribution is -0.577. The molecule has 4 N–H and O–H groups in total. The molecule has 0 aliphatic heterocycles. The maximum atomic E-state index is 12.1. The molecule has 10 nitrogen and oxygen atoms in total. The number of carbonyl (C=O) groups is 1. The van der Waals surface area contributed by atoms with Crippen molar-refractivity contribution in [2.24, 2.45) is 0 Å². The number of aromatic nitrogens is 2. The van der Waals surface area contributed by atoms with Crippen LogP contribution in [-0.2, 0) is 10.1 Å². The van der Waals surface area contributed by atoms with Gasteiger partial charge < -0.3 is 20.2 Å². The molecule has 0 spiro atoms. The van der Waals surface area contributed by atoms with Crippen molar-refractivity contribution >= 4 is 28.0 Å². The second-order valence-electron chi connectivity index (χ2n) is 4.41. The van der Waals surface area contributed by atoms with Gasteiger partial charge in [0.25, 0.3) is 5.88 Å². The third-order valence-electron chi connectivity index (χ3n) is 2.65. The van der Waals surface area contributed by atoms with Crippen molar-refractivity contribution in [1.82, 2.24) is 4.98 Å². The van der Waals surface area contributed by atoms with Crippen LogP contribution in [0.1, 0.15) is 5.56 Å². The fourth-order valence-corrected chi connectivity index (χ4v) is 2.47. The average molecular weight is 340 g/mol. The van der Waals surface area contributed by atoms with Gasteiger partial charge in [-0.3, -0.25) is 0 Å². The highest BCUT2D eigenvalue weighted by Gasteiger charge is 2.21. The van der Waals surface area contributed by atoms with Gasteiger partial charge in [0.2, 0.25) is 5.82 Å². The van der Waals surface area contributed by atoms with E-state index in [-0.39, 0.29) is 9.63 Å². The predicted molar refractivity (Wildman–Crippen MR) is 78.2 cm³/mol. The van der Waals surface area contributed by atoms with Gasteiger partial charge in [-0.25, -0.2) is 14.8 Å². The Morgan fingerprint density at radius 3 is 2.57 bits per heavy atom. The Balaban J connectivity index is 2.37. The van der Waals surface area contributed by atoms with Crippen LogP contribution in [0.25, 0.3) is 0 Å². The Morgan fingerprint density at radius 2 is 2.00 bits per heavy atom. The minimum Gasteiger partial charge on any atom is -0.754 e. The van der Waals surface area contributed by atoms with Crippen LogP contribution in [0.2, 0.25) is 0 Å². The van der Waals surface area contributed by atoms with Crippen molar-refractivity contribution < 1.29 is 27.2 Å². The molecule has 0 radical (unpaired) electrons. The summed E-state index contributed by atoms with van der Waals surface area (Å²) in [6, 6.07) is 6.63. The second kappa shape index (κ2) is 5.96. The first-order chi connectivity index (χ1) is 10.7. The first kappa shape index (κ1) is 16.3. The summed E-state index contributed by atoms with van der Waals surface area (Å²) in [7, 11) is -4.21. The van der Waals surface area contributed by atoms with Gasteiger partial charge in [0.15, 0.2) is 0 Å². The van der Waals surface area contributed by atoms with Crippen molar-refractivity contribution in [3.8, 4) is 5.88 Å². The molecule has 0 aliphatic rings. The number of hydrogen-bond donors (Lipinski definition) is 3. The van der Waals surface area contributed by atoms with Crippen LogP contribution in [0.15, 0.2) is 35.2 Å². The quantitative estimate of drug-likeness (QED) is 0.411. The van der Waals surface area contributed by atoms with Gasteiger partial charge in [-0.1, -0.05) is 22.7 Å². The number of carboxylic acid groups (broad SMARTS) is 1. The molecule has 2 aromatic rings. The third kappa shape index (κ3) is 3.77. The largest absolute Gasteiger partial charge is 0.754 e. The minimum atomic E-state index is -4.21. The number of nitrogens with one attached hydrogen (secondary N) is 1. The molecular weight excluding hydrogens is 328 g/mol. The van der Waals surface area contributed by atoms with E-state index in [1.807, 2.05) is 0 Å². The Labute approximate surface area is 130 Å². The molecule has 0 fully saturated rings. The van der Waals surface area contributed by atoms with Crippen molar-refractivity contribution in [2.45, 2.75) is 11.8 Å². The minimum absolute atomic E-state index is 0.0144. The van der Waals surface area contributed by atoms with E-state index in [4.69, 9.17) is 15.0 Å². The smallest absolute Gasteiger partial charge is 0.456 e. The Morgan fingerprint density at radius 1 is 1.39 bits per heavy atom. The fourth-order valence-electron chi connectivity index (χ4n) is 1.59. The number of nitrogens with zero attached hydrogens (tertiary/aromatic N) is 2. The van der Waals surface area contributed by atoms with Crippen molar-refractivity contribution in [3.63, 3.8) is 0 Å². The van der Waals surface area contributed by atoms with Gasteiger partial charge in [0.1, 0.15) is 4.90 Å². The maximum absolute atomic E-state index is 12.1. The first-order valence-corrected chi connectivity index (χ1v) is 7.51. The highest BCUT2D eigenvalue weighted by atomic mass is 32.2. The summed E-state index contributed by atoms with van der Waals surface area (Å²) >= 11 is 0. The summed E-state index contributed by atoms with van der Waals surface area (Å²) in [5.41, 5.74) is 6.16. The molecule has 122 valence electrons. The topological polar surface area (TPSA) is 159 Å². The van der Waals surface area contributed by atoms with Crippen LogP contribution in [-0.4, -0.2) is 24.6 Å². The summed E-state index contributed by atoms with van der Waals surface area (Å²) in [4.78, 5) is 13.9. The molecule has 11 heteroatoms. The van der Waals surface area contributed by atoms with Crippen LogP contribution >= 0.6 is 0 Å². The van der Waals surface area contributed by atoms with E-state index in [0.29, 0.717) is 0 Å². The Kier molecular flexibility index (Phi) is 4.22. The lowest BCUT2D eigenvalue weighted by Crippen LogP contribution is -2.36. The van der Waals surface area contributed by atoms with Gasteiger partial charge in [0, 0.05) is 0 Å². The molecule has 1 heterocycles. The molecule has 1 amide bonds. The van der Waals surface area contributed by atoms with Gasteiger partial charge in [-0.15, -0.1) is 0 Å². The predicted octanol–water partition coefficient (Wildman–Crippen LogP) is 0.463. The summed E-state index contributed by atoms with van der Waals surface area (Å²) < 4.78 is 29.0. The number of aryl methyl sites for hydroxylation is 1. The molecule has 2 rings (SSSR count). The van der Waals surface area contributed by atoms with E-state index in [2.05, 4.69) is 4.98 Å². The highest BCUT2D eigenvalue weighted by Crippen LogP contribution is 2.19. The second-order valence-corrected chi connectivity index (χ2v) is 5.96. The normalized spacial score (nSPS) is 11.0. The molecule has 1 aromatic carbocycles. The van der Waals surface area contributed by atoms with Crippen molar-refractivity contribution in [2.75, 3.05) is 11.1 Å². The van der Waals surface area contributed by atoms with Gasteiger partial charge in [0.05, 0.1) is 6.07 Å². The van der Waals surface area contributed by atoms with E-state index < -0.39 is 33.9 Å². The Bertz CT molecular complexity index is 851. The van der Waals surface area contributed by atoms with Crippen LogP contribution in [0.5, 0.6) is 5.88 Å². The van der Waals surface area contributed by atoms with Gasteiger partial charge in [-0.05, 0) is 19.1 Å². The molecule has 0 saturated carbocycles. The van der Waals surface area contributed by atoms with E-state index in [0.717, 1.165) is 11.6 Å². The molecular formula is C12H12N4O6S. The number of nitrogens with two attached hydrogens (primary N) is 1. The summed E-state index contributed by atoms with van der Waals surface area (Å²) in [6.07, 6.45) is -1.53. The SMILES string of the molecule is Cc1ccc(S(=O)(=O)Oc2cc(NC(=O)O)[n+]([O-])c(N)n2)cc1. The van der Waals surface area contributed by atoms with Crippen LogP contribution < -0.4 is 20.0 Å². The molecule has 1 aromatic heterocycles. The summed E-state index contributed by atoms with van der Waals surface area (Å²) in [6.45, 7) is 1.79. The van der Waals surface area contributed by atoms with Crippen molar-refractivity contribution in [1.29, 1.82) is 0 Å². The highest BCUT2D eigenvalue weighted by molar-refractivity contribution is 7.87. The lowest BCUT2D eigenvalue weighted by Gasteiger charge is -2.12. The van der Waals surface area contributed by atoms with Crippen molar-refractivity contribution in [3.05, 3.63) is 41.1 Å². The number of benzene rings is 1.